The zero-order chi connectivity index (χ0) is 28.8. The van der Waals surface area contributed by atoms with Gasteiger partial charge in [0, 0.05) is 24.9 Å². The number of aliphatic carboxylic acids is 1. The number of carbonyl (C=O) groups is 4. The quantitative estimate of drug-likeness (QED) is 0.0686. The van der Waals surface area contributed by atoms with Crippen molar-refractivity contribution < 1.29 is 24.3 Å². The molecule has 1 rings (SSSR count). The van der Waals surface area contributed by atoms with Crippen LogP contribution in [0.25, 0.3) is 0 Å². The van der Waals surface area contributed by atoms with Gasteiger partial charge in [-0.3, -0.25) is 19.4 Å². The molecule has 0 aliphatic heterocycles. The van der Waals surface area contributed by atoms with Gasteiger partial charge in [-0.2, -0.15) is 0 Å². The average Bonchev–Trinajstić information content (AvgIpc) is 3.32. The molecule has 0 radical (unpaired) electrons. The van der Waals surface area contributed by atoms with Crippen molar-refractivity contribution in [1.82, 2.24) is 25.9 Å². The molecule has 14 nitrogen and oxygen atoms in total. The monoisotopic (exact) mass is 537 g/mol. The van der Waals surface area contributed by atoms with Gasteiger partial charge in [-0.25, -0.2) is 9.78 Å². The molecule has 3 amide bonds. The minimum absolute atomic E-state index is 0.00342. The van der Waals surface area contributed by atoms with Crippen LogP contribution in [-0.2, 0) is 25.6 Å². The van der Waals surface area contributed by atoms with Crippen LogP contribution in [0.3, 0.4) is 0 Å². The normalized spacial score (nSPS) is 14.3. The van der Waals surface area contributed by atoms with Gasteiger partial charge in [0.25, 0.3) is 0 Å². The van der Waals surface area contributed by atoms with Gasteiger partial charge in [0.2, 0.25) is 17.7 Å². The van der Waals surface area contributed by atoms with Crippen LogP contribution in [0, 0.1) is 11.8 Å². The molecule has 4 atom stereocenters. The third kappa shape index (κ3) is 12.5. The lowest BCUT2D eigenvalue weighted by atomic mass is 10.0. The molecule has 14 heteroatoms. The van der Waals surface area contributed by atoms with Gasteiger partial charge in [-0.15, -0.1) is 0 Å². The van der Waals surface area contributed by atoms with E-state index in [1.807, 2.05) is 27.7 Å². The second kappa shape index (κ2) is 16.2. The summed E-state index contributed by atoms with van der Waals surface area (Å²) in [6.07, 6.45) is 4.11. The number of hydrogen-bond acceptors (Lipinski definition) is 7. The minimum atomic E-state index is -1.24. The molecule has 4 unspecified atom stereocenters. The smallest absolute Gasteiger partial charge is 0.326 e. The largest absolute Gasteiger partial charge is 0.480 e. The Balaban J connectivity index is 3.01. The molecule has 11 N–H and O–H groups in total. The van der Waals surface area contributed by atoms with Crippen molar-refractivity contribution in [1.29, 1.82) is 0 Å². The summed E-state index contributed by atoms with van der Waals surface area (Å²) in [5.41, 5.74) is 17.2. The van der Waals surface area contributed by atoms with E-state index in [9.17, 15) is 24.3 Å². The SMILES string of the molecule is CC(C)CC(N)C(=O)NC(CCCN=C(N)N)C(=O)NC(CC(C)C)C(=O)NC(Cc1cnc[nH]1)C(=O)O. The van der Waals surface area contributed by atoms with E-state index in [2.05, 4.69) is 30.9 Å². The topological polar surface area (TPSA) is 244 Å². The molecule has 1 aromatic heterocycles. The Bertz CT molecular complexity index is 930. The highest BCUT2D eigenvalue weighted by Crippen LogP contribution is 2.09. The molecule has 0 bridgehead atoms. The molecule has 0 aliphatic rings. The lowest BCUT2D eigenvalue weighted by molar-refractivity contribution is -0.142. The Morgan fingerprint density at radius 1 is 0.947 bits per heavy atom. The van der Waals surface area contributed by atoms with E-state index < -0.39 is 47.9 Å². The number of carbonyl (C=O) groups excluding carboxylic acids is 3. The summed E-state index contributed by atoms with van der Waals surface area (Å²) in [4.78, 5) is 61.4. The first-order valence-corrected chi connectivity index (χ1v) is 12.7. The van der Waals surface area contributed by atoms with Crippen LogP contribution in [0.4, 0.5) is 0 Å². The molecular weight excluding hydrogens is 494 g/mol. The number of nitrogens with two attached hydrogens (primary N) is 3. The van der Waals surface area contributed by atoms with Gasteiger partial charge in [0.05, 0.1) is 12.4 Å². The fraction of sp³-hybridized carbons (Fsp3) is 0.667. The Morgan fingerprint density at radius 3 is 2.05 bits per heavy atom. The number of aromatic nitrogens is 2. The van der Waals surface area contributed by atoms with Crippen molar-refractivity contribution >= 4 is 29.7 Å². The Morgan fingerprint density at radius 2 is 1.53 bits per heavy atom. The number of nitrogens with zero attached hydrogens (tertiary/aromatic N) is 2. The average molecular weight is 538 g/mol. The van der Waals surface area contributed by atoms with Crippen LogP contribution in [0.5, 0.6) is 0 Å². The molecule has 0 aliphatic carbocycles. The number of aromatic amines is 1. The highest BCUT2D eigenvalue weighted by molar-refractivity contribution is 5.94. The minimum Gasteiger partial charge on any atom is -0.480 e. The lowest BCUT2D eigenvalue weighted by Gasteiger charge is -2.26. The number of nitrogens with one attached hydrogen (secondary N) is 4. The first-order valence-electron chi connectivity index (χ1n) is 12.7. The second-order valence-corrected chi connectivity index (χ2v) is 10.1. The molecule has 0 saturated heterocycles. The molecule has 0 saturated carbocycles. The fourth-order valence-corrected chi connectivity index (χ4v) is 3.73. The van der Waals surface area contributed by atoms with Crippen molar-refractivity contribution in [3.8, 4) is 0 Å². The number of H-pyrrole nitrogens is 1. The number of aliphatic imine (C=N–C) groups is 1. The number of carboxylic acids is 1. The van der Waals surface area contributed by atoms with E-state index in [4.69, 9.17) is 17.2 Å². The summed E-state index contributed by atoms with van der Waals surface area (Å²) in [5, 5.41) is 17.5. The van der Waals surface area contributed by atoms with Crippen LogP contribution in [0.1, 0.15) is 59.1 Å². The molecular formula is C24H43N9O5. The van der Waals surface area contributed by atoms with Crippen molar-refractivity contribution in [3.63, 3.8) is 0 Å². The van der Waals surface area contributed by atoms with Crippen molar-refractivity contribution in [2.45, 2.75) is 84.0 Å². The zero-order valence-corrected chi connectivity index (χ0v) is 22.6. The summed E-state index contributed by atoms with van der Waals surface area (Å²) in [5.74, 6) is -2.89. The predicted molar refractivity (Wildman–Crippen MR) is 143 cm³/mol. The third-order valence-electron chi connectivity index (χ3n) is 5.57. The van der Waals surface area contributed by atoms with Gasteiger partial charge < -0.3 is 43.2 Å². The van der Waals surface area contributed by atoms with Crippen LogP contribution in [-0.4, -0.2) is 75.4 Å². The molecule has 0 spiro atoms. The zero-order valence-electron chi connectivity index (χ0n) is 22.6. The summed E-state index contributed by atoms with van der Waals surface area (Å²) >= 11 is 0. The van der Waals surface area contributed by atoms with Crippen LogP contribution >= 0.6 is 0 Å². The molecule has 1 aromatic rings. The van der Waals surface area contributed by atoms with E-state index in [1.165, 1.54) is 12.5 Å². The summed E-state index contributed by atoms with van der Waals surface area (Å²) in [6, 6.07) is -4.08. The Labute approximate surface area is 223 Å². The van der Waals surface area contributed by atoms with Crippen LogP contribution in [0.15, 0.2) is 17.5 Å². The van der Waals surface area contributed by atoms with Gasteiger partial charge in [-0.05, 0) is 37.5 Å². The molecule has 38 heavy (non-hydrogen) atoms. The summed E-state index contributed by atoms with van der Waals surface area (Å²) in [7, 11) is 0. The third-order valence-corrected chi connectivity index (χ3v) is 5.57. The van der Waals surface area contributed by atoms with Crippen molar-refractivity contribution in [3.05, 3.63) is 18.2 Å². The molecule has 0 aromatic carbocycles. The van der Waals surface area contributed by atoms with Crippen molar-refractivity contribution in [2.75, 3.05) is 6.54 Å². The fourth-order valence-electron chi connectivity index (χ4n) is 3.73. The number of rotatable bonds is 17. The number of carboxylic acid groups (broad SMARTS) is 1. The van der Waals surface area contributed by atoms with E-state index >= 15 is 0 Å². The molecule has 214 valence electrons. The van der Waals surface area contributed by atoms with E-state index in [0.29, 0.717) is 18.5 Å². The maximum Gasteiger partial charge on any atom is 0.326 e. The Kier molecular flexibility index (Phi) is 13.8. The highest BCUT2D eigenvalue weighted by atomic mass is 16.4. The highest BCUT2D eigenvalue weighted by Gasteiger charge is 2.31. The first-order chi connectivity index (χ1) is 17.8. The Hall–Kier alpha value is -3.68. The second-order valence-electron chi connectivity index (χ2n) is 10.1. The van der Waals surface area contributed by atoms with Gasteiger partial charge in [0.15, 0.2) is 5.96 Å². The van der Waals surface area contributed by atoms with Gasteiger partial charge >= 0.3 is 5.97 Å². The predicted octanol–water partition coefficient (Wildman–Crippen LogP) is -1.04. The van der Waals surface area contributed by atoms with E-state index in [-0.39, 0.29) is 43.6 Å². The standard InChI is InChI=1S/C24H43N9O5/c1-13(2)8-16(25)20(34)31-17(6-5-7-29-24(26)27)21(35)32-18(9-14(3)4)22(36)33-19(23(37)38)10-15-11-28-12-30-15/h11-14,16-19H,5-10,25H2,1-4H3,(H,28,30)(H,31,34)(H,32,35)(H,33,36)(H,37,38)(H4,26,27,29). The lowest BCUT2D eigenvalue weighted by Crippen LogP contribution is -2.57. The number of imidazole rings is 1. The van der Waals surface area contributed by atoms with Crippen molar-refractivity contribution in [2.24, 2.45) is 34.0 Å². The maximum atomic E-state index is 13.3. The van der Waals surface area contributed by atoms with Gasteiger partial charge in [0.1, 0.15) is 18.1 Å². The molecule has 0 fully saturated rings. The van der Waals surface area contributed by atoms with E-state index in [1.54, 1.807) is 0 Å². The summed E-state index contributed by atoms with van der Waals surface area (Å²) in [6.45, 7) is 7.83. The number of hydrogen-bond donors (Lipinski definition) is 8. The first kappa shape index (κ1) is 32.3. The van der Waals surface area contributed by atoms with Gasteiger partial charge in [-0.1, -0.05) is 27.7 Å². The number of guanidine groups is 1. The maximum absolute atomic E-state index is 13.3. The summed E-state index contributed by atoms with van der Waals surface area (Å²) < 4.78 is 0. The van der Waals surface area contributed by atoms with E-state index in [0.717, 1.165) is 0 Å². The number of amides is 3. The van der Waals surface area contributed by atoms with Crippen LogP contribution < -0.4 is 33.2 Å². The van der Waals surface area contributed by atoms with Crippen LogP contribution in [0.2, 0.25) is 0 Å². The molecule has 1 heterocycles.